The van der Waals surface area contributed by atoms with Crippen molar-refractivity contribution in [1.82, 2.24) is 5.32 Å². The molecule has 0 saturated carbocycles. The highest BCUT2D eigenvalue weighted by atomic mass is 16.5. The third-order valence-corrected chi connectivity index (χ3v) is 2.01. The first-order valence-corrected chi connectivity index (χ1v) is 4.40. The Hall–Kier alpha value is -0.380. The van der Waals surface area contributed by atoms with Gasteiger partial charge in [0, 0.05) is 13.1 Å². The number of nitrogens with one attached hydrogen (secondary N) is 1. The number of aliphatic hydroxyl groups is 1. The summed E-state index contributed by atoms with van der Waals surface area (Å²) >= 11 is 0. The van der Waals surface area contributed by atoms with Gasteiger partial charge >= 0.3 is 0 Å². The maximum atomic E-state index is 9.30. The Balaban J connectivity index is 2.09. The van der Waals surface area contributed by atoms with Crippen LogP contribution in [-0.2, 0) is 4.74 Å². The van der Waals surface area contributed by atoms with Crippen molar-refractivity contribution in [1.29, 1.82) is 0 Å². The van der Waals surface area contributed by atoms with Gasteiger partial charge in [-0.1, -0.05) is 6.08 Å². The summed E-state index contributed by atoms with van der Waals surface area (Å²) in [4.78, 5) is 0. The van der Waals surface area contributed by atoms with Crippen LogP contribution in [0.3, 0.4) is 0 Å². The van der Waals surface area contributed by atoms with Gasteiger partial charge in [-0.2, -0.15) is 0 Å². The zero-order valence-electron chi connectivity index (χ0n) is 7.33. The summed E-state index contributed by atoms with van der Waals surface area (Å²) in [6.45, 7) is 6.56. The molecule has 1 aliphatic heterocycles. The minimum atomic E-state index is -0.198. The van der Waals surface area contributed by atoms with E-state index in [0.717, 1.165) is 26.1 Å². The van der Waals surface area contributed by atoms with Crippen LogP contribution < -0.4 is 5.32 Å². The molecule has 0 aromatic rings. The second-order valence-electron chi connectivity index (χ2n) is 3.24. The van der Waals surface area contributed by atoms with E-state index in [-0.39, 0.29) is 6.10 Å². The third-order valence-electron chi connectivity index (χ3n) is 2.01. The molecule has 0 unspecified atom stereocenters. The van der Waals surface area contributed by atoms with Crippen LogP contribution in [0.4, 0.5) is 0 Å². The van der Waals surface area contributed by atoms with Gasteiger partial charge in [0.2, 0.25) is 0 Å². The number of hydrogen-bond acceptors (Lipinski definition) is 3. The molecule has 0 radical (unpaired) electrons. The lowest BCUT2D eigenvalue weighted by Gasteiger charge is -2.26. The first-order valence-electron chi connectivity index (χ1n) is 4.40. The molecular formula is C9H17NO2. The van der Waals surface area contributed by atoms with Crippen LogP contribution in [0.15, 0.2) is 12.7 Å². The van der Waals surface area contributed by atoms with Crippen molar-refractivity contribution in [3.05, 3.63) is 12.7 Å². The van der Waals surface area contributed by atoms with Crippen LogP contribution in [0.2, 0.25) is 0 Å². The molecule has 0 bridgehead atoms. The van der Waals surface area contributed by atoms with Gasteiger partial charge in [-0.3, -0.25) is 0 Å². The van der Waals surface area contributed by atoms with Crippen LogP contribution in [0.1, 0.15) is 6.42 Å². The normalized spacial score (nSPS) is 30.1. The number of β-amino-alcohol motifs (C(OH)–C–C–N with tert-alkyl or cyclic N) is 1. The molecule has 3 heteroatoms. The summed E-state index contributed by atoms with van der Waals surface area (Å²) < 4.78 is 5.30. The summed E-state index contributed by atoms with van der Waals surface area (Å²) in [5.41, 5.74) is 0. The maximum absolute atomic E-state index is 9.30. The lowest BCUT2D eigenvalue weighted by atomic mass is 9.99. The van der Waals surface area contributed by atoms with E-state index in [4.69, 9.17) is 4.74 Å². The van der Waals surface area contributed by atoms with Gasteiger partial charge in [0.25, 0.3) is 0 Å². The summed E-state index contributed by atoms with van der Waals surface area (Å²) in [6.07, 6.45) is 2.40. The first-order chi connectivity index (χ1) is 5.83. The van der Waals surface area contributed by atoms with Gasteiger partial charge in [0.15, 0.2) is 0 Å². The van der Waals surface area contributed by atoms with Crippen molar-refractivity contribution in [3.63, 3.8) is 0 Å². The zero-order chi connectivity index (χ0) is 8.81. The Morgan fingerprint density at radius 2 is 2.42 bits per heavy atom. The molecular weight excluding hydrogens is 154 g/mol. The fraction of sp³-hybridized carbons (Fsp3) is 0.778. The van der Waals surface area contributed by atoms with Crippen molar-refractivity contribution in [3.8, 4) is 0 Å². The molecule has 12 heavy (non-hydrogen) atoms. The summed E-state index contributed by atoms with van der Waals surface area (Å²) in [6, 6.07) is 0. The number of rotatable bonds is 4. The van der Waals surface area contributed by atoms with Gasteiger partial charge in [0.05, 0.1) is 19.3 Å². The number of hydrogen-bond donors (Lipinski definition) is 2. The predicted molar refractivity (Wildman–Crippen MR) is 48.0 cm³/mol. The summed E-state index contributed by atoms with van der Waals surface area (Å²) in [7, 11) is 0. The molecule has 1 rings (SSSR count). The molecule has 0 amide bonds. The fourth-order valence-electron chi connectivity index (χ4n) is 1.45. The molecule has 0 spiro atoms. The minimum Gasteiger partial charge on any atom is -0.392 e. The topological polar surface area (TPSA) is 41.5 Å². The Morgan fingerprint density at radius 3 is 3.08 bits per heavy atom. The van der Waals surface area contributed by atoms with Gasteiger partial charge < -0.3 is 15.2 Å². The second kappa shape index (κ2) is 5.30. The summed E-state index contributed by atoms with van der Waals surface area (Å²) in [5, 5.41) is 12.5. The minimum absolute atomic E-state index is 0.198. The molecule has 0 aliphatic carbocycles. The van der Waals surface area contributed by atoms with Crippen LogP contribution >= 0.6 is 0 Å². The SMILES string of the molecule is C=CCOC[C@H]1CNC[C@@H](O)C1. The smallest absolute Gasteiger partial charge is 0.0668 e. The molecule has 1 fully saturated rings. The van der Waals surface area contributed by atoms with E-state index < -0.39 is 0 Å². The molecule has 1 heterocycles. The van der Waals surface area contributed by atoms with Crippen LogP contribution in [0.5, 0.6) is 0 Å². The van der Waals surface area contributed by atoms with E-state index in [2.05, 4.69) is 11.9 Å². The average molecular weight is 171 g/mol. The largest absolute Gasteiger partial charge is 0.392 e. The third kappa shape index (κ3) is 3.34. The van der Waals surface area contributed by atoms with Crippen LogP contribution in [0.25, 0.3) is 0 Å². The van der Waals surface area contributed by atoms with Crippen LogP contribution in [0, 0.1) is 5.92 Å². The van der Waals surface area contributed by atoms with Gasteiger partial charge in [0.1, 0.15) is 0 Å². The summed E-state index contributed by atoms with van der Waals surface area (Å²) in [5.74, 6) is 0.452. The highest BCUT2D eigenvalue weighted by Gasteiger charge is 2.19. The van der Waals surface area contributed by atoms with E-state index in [1.54, 1.807) is 6.08 Å². The molecule has 0 aromatic carbocycles. The van der Waals surface area contributed by atoms with E-state index in [1.807, 2.05) is 0 Å². The first kappa shape index (κ1) is 9.71. The second-order valence-corrected chi connectivity index (χ2v) is 3.24. The lowest BCUT2D eigenvalue weighted by Crippen LogP contribution is -2.40. The maximum Gasteiger partial charge on any atom is 0.0668 e. The van der Waals surface area contributed by atoms with Gasteiger partial charge in [-0.15, -0.1) is 6.58 Å². The highest BCUT2D eigenvalue weighted by molar-refractivity contribution is 4.75. The van der Waals surface area contributed by atoms with E-state index in [0.29, 0.717) is 12.5 Å². The van der Waals surface area contributed by atoms with Crippen molar-refractivity contribution >= 4 is 0 Å². The van der Waals surface area contributed by atoms with Crippen LogP contribution in [-0.4, -0.2) is 37.5 Å². The van der Waals surface area contributed by atoms with Crippen molar-refractivity contribution in [2.75, 3.05) is 26.3 Å². The Labute approximate surface area is 73.4 Å². The molecule has 1 saturated heterocycles. The van der Waals surface area contributed by atoms with Gasteiger partial charge in [-0.05, 0) is 12.3 Å². The zero-order valence-corrected chi connectivity index (χ0v) is 7.33. The van der Waals surface area contributed by atoms with E-state index >= 15 is 0 Å². The highest BCUT2D eigenvalue weighted by Crippen LogP contribution is 2.10. The Kier molecular flexibility index (Phi) is 4.29. The number of aliphatic hydroxyl groups excluding tert-OH is 1. The average Bonchev–Trinajstić information content (AvgIpc) is 2.05. The fourth-order valence-corrected chi connectivity index (χ4v) is 1.45. The van der Waals surface area contributed by atoms with Gasteiger partial charge in [-0.25, -0.2) is 0 Å². The molecule has 1 aliphatic rings. The molecule has 70 valence electrons. The lowest BCUT2D eigenvalue weighted by molar-refractivity contribution is 0.0602. The number of ether oxygens (including phenoxy) is 1. The molecule has 3 nitrogen and oxygen atoms in total. The molecule has 0 aromatic heterocycles. The standard InChI is InChI=1S/C9H17NO2/c1-2-3-12-7-8-4-9(11)6-10-5-8/h2,8-11H,1,3-7H2/t8-,9+/m1/s1. The number of piperidine rings is 1. The van der Waals surface area contributed by atoms with E-state index in [1.165, 1.54) is 0 Å². The molecule has 2 N–H and O–H groups in total. The van der Waals surface area contributed by atoms with E-state index in [9.17, 15) is 5.11 Å². The van der Waals surface area contributed by atoms with Crippen molar-refractivity contribution < 1.29 is 9.84 Å². The quantitative estimate of drug-likeness (QED) is 0.467. The Morgan fingerprint density at radius 1 is 1.58 bits per heavy atom. The monoisotopic (exact) mass is 171 g/mol. The predicted octanol–water partition coefficient (Wildman–Crippen LogP) is 0.159. The molecule has 2 atom stereocenters. The Bertz CT molecular complexity index is 138. The van der Waals surface area contributed by atoms with Crippen molar-refractivity contribution in [2.24, 2.45) is 5.92 Å². The van der Waals surface area contributed by atoms with Crippen molar-refractivity contribution in [2.45, 2.75) is 12.5 Å².